The summed E-state index contributed by atoms with van der Waals surface area (Å²) in [6.07, 6.45) is -0.359. The number of carbonyl (C=O) groups excluding carboxylic acids is 1. The molecule has 1 saturated heterocycles. The first kappa shape index (κ1) is 9.34. The maximum absolute atomic E-state index is 10.8. The Balaban J connectivity index is 2.24. The molecule has 1 aliphatic rings. The molecule has 1 fully saturated rings. The summed E-state index contributed by atoms with van der Waals surface area (Å²) in [4.78, 5) is 10.8. The molecule has 0 spiro atoms. The summed E-state index contributed by atoms with van der Waals surface area (Å²) in [5.74, 6) is 0. The number of ether oxygens (including phenoxy) is 1. The van der Waals surface area contributed by atoms with Crippen LogP contribution in [0.25, 0.3) is 0 Å². The van der Waals surface area contributed by atoms with Crippen molar-refractivity contribution in [1.29, 1.82) is 0 Å². The van der Waals surface area contributed by atoms with Gasteiger partial charge in [0.1, 0.15) is 6.61 Å². The Hall–Kier alpha value is -1.22. The number of alkyl carbamates (subject to hydrolysis) is 1. The van der Waals surface area contributed by atoms with E-state index < -0.39 is 0 Å². The maximum Gasteiger partial charge on any atom is 0.407 e. The average molecular weight is 212 g/mol. The highest BCUT2D eigenvalue weighted by Gasteiger charge is 2.23. The minimum absolute atomic E-state index is 0.0431. The van der Waals surface area contributed by atoms with Crippen LogP contribution in [0, 0.1) is 6.92 Å². The van der Waals surface area contributed by atoms with E-state index in [2.05, 4.69) is 5.32 Å². The van der Waals surface area contributed by atoms with Crippen molar-refractivity contribution < 1.29 is 9.53 Å². The van der Waals surface area contributed by atoms with Crippen molar-refractivity contribution in [3.8, 4) is 0 Å². The van der Waals surface area contributed by atoms with Gasteiger partial charge < -0.3 is 10.1 Å². The fourth-order valence-corrected chi connectivity index (χ4v) is 1.57. The number of halogens is 1. The minimum atomic E-state index is -0.359. The van der Waals surface area contributed by atoms with Crippen LogP contribution >= 0.6 is 11.6 Å². The Kier molecular flexibility index (Phi) is 2.33. The van der Waals surface area contributed by atoms with Gasteiger partial charge in [-0.2, -0.15) is 0 Å². The van der Waals surface area contributed by atoms with Gasteiger partial charge in [0.2, 0.25) is 0 Å². The third kappa shape index (κ3) is 1.68. The second kappa shape index (κ2) is 3.50. The summed E-state index contributed by atoms with van der Waals surface area (Å²) in [7, 11) is 0. The summed E-state index contributed by atoms with van der Waals surface area (Å²) in [5.41, 5.74) is 2.03. The number of rotatable bonds is 1. The second-order valence-corrected chi connectivity index (χ2v) is 3.71. The van der Waals surface area contributed by atoms with Crippen molar-refractivity contribution in [2.75, 3.05) is 6.61 Å². The first-order valence-electron chi connectivity index (χ1n) is 4.36. The Morgan fingerprint density at radius 3 is 2.93 bits per heavy atom. The van der Waals surface area contributed by atoms with Crippen molar-refractivity contribution in [2.45, 2.75) is 13.0 Å². The molecule has 0 bridgehead atoms. The van der Waals surface area contributed by atoms with E-state index in [1.807, 2.05) is 25.1 Å². The highest BCUT2D eigenvalue weighted by atomic mass is 35.5. The Morgan fingerprint density at radius 2 is 2.36 bits per heavy atom. The van der Waals surface area contributed by atoms with E-state index in [9.17, 15) is 4.79 Å². The van der Waals surface area contributed by atoms with Crippen LogP contribution in [-0.2, 0) is 4.74 Å². The molecule has 0 radical (unpaired) electrons. The quantitative estimate of drug-likeness (QED) is 0.775. The molecule has 0 saturated carbocycles. The minimum Gasteiger partial charge on any atom is -0.447 e. The van der Waals surface area contributed by atoms with E-state index >= 15 is 0 Å². The molecule has 1 aliphatic heterocycles. The van der Waals surface area contributed by atoms with Crippen molar-refractivity contribution in [3.05, 3.63) is 34.3 Å². The number of hydrogen-bond acceptors (Lipinski definition) is 2. The molecule has 3 nitrogen and oxygen atoms in total. The molecule has 1 aromatic rings. The molecule has 1 N–H and O–H groups in total. The van der Waals surface area contributed by atoms with Crippen molar-refractivity contribution in [1.82, 2.24) is 5.32 Å². The molecular weight excluding hydrogens is 202 g/mol. The smallest absolute Gasteiger partial charge is 0.407 e. The van der Waals surface area contributed by atoms with E-state index in [1.54, 1.807) is 0 Å². The highest BCUT2D eigenvalue weighted by Crippen LogP contribution is 2.23. The van der Waals surface area contributed by atoms with Crippen LogP contribution in [0.15, 0.2) is 18.2 Å². The van der Waals surface area contributed by atoms with Gasteiger partial charge in [-0.3, -0.25) is 0 Å². The van der Waals surface area contributed by atoms with Gasteiger partial charge >= 0.3 is 6.09 Å². The van der Waals surface area contributed by atoms with Crippen LogP contribution in [0.1, 0.15) is 17.2 Å². The van der Waals surface area contributed by atoms with Crippen LogP contribution in [0.4, 0.5) is 4.79 Å². The van der Waals surface area contributed by atoms with Crippen LogP contribution < -0.4 is 5.32 Å². The number of amides is 1. The van der Waals surface area contributed by atoms with Gasteiger partial charge in [-0.15, -0.1) is 0 Å². The molecule has 0 aliphatic carbocycles. The number of cyclic esters (lactones) is 1. The van der Waals surface area contributed by atoms with Gasteiger partial charge in [-0.1, -0.05) is 23.7 Å². The number of benzene rings is 1. The van der Waals surface area contributed by atoms with Gasteiger partial charge in [0.15, 0.2) is 0 Å². The molecule has 1 amide bonds. The third-order valence-electron chi connectivity index (χ3n) is 2.26. The monoisotopic (exact) mass is 211 g/mol. The third-order valence-corrected chi connectivity index (χ3v) is 2.68. The number of aryl methyl sites for hydroxylation is 1. The van der Waals surface area contributed by atoms with Crippen LogP contribution in [0.5, 0.6) is 0 Å². The summed E-state index contributed by atoms with van der Waals surface area (Å²) in [6, 6.07) is 5.65. The van der Waals surface area contributed by atoms with E-state index in [-0.39, 0.29) is 12.1 Å². The van der Waals surface area contributed by atoms with E-state index in [0.717, 1.165) is 16.1 Å². The number of nitrogens with one attached hydrogen (secondary N) is 1. The molecule has 1 aromatic carbocycles. The molecule has 0 aromatic heterocycles. The summed E-state index contributed by atoms with van der Waals surface area (Å²) in [5, 5.41) is 3.45. The van der Waals surface area contributed by atoms with Crippen LogP contribution in [0.3, 0.4) is 0 Å². The lowest BCUT2D eigenvalue weighted by Gasteiger charge is -2.08. The summed E-state index contributed by atoms with van der Waals surface area (Å²) in [6.45, 7) is 2.32. The second-order valence-electron chi connectivity index (χ2n) is 3.30. The zero-order chi connectivity index (χ0) is 10.1. The Morgan fingerprint density at radius 1 is 1.57 bits per heavy atom. The maximum atomic E-state index is 10.8. The highest BCUT2D eigenvalue weighted by molar-refractivity contribution is 6.31. The van der Waals surface area contributed by atoms with Gasteiger partial charge in [0.05, 0.1) is 6.04 Å². The molecule has 14 heavy (non-hydrogen) atoms. The molecule has 1 atom stereocenters. The molecule has 4 heteroatoms. The molecule has 1 heterocycles. The lowest BCUT2D eigenvalue weighted by molar-refractivity contribution is 0.177. The molecule has 0 unspecified atom stereocenters. The number of carbonyl (C=O) groups is 1. The van der Waals surface area contributed by atoms with Crippen molar-refractivity contribution in [3.63, 3.8) is 0 Å². The Labute approximate surface area is 87.0 Å². The topological polar surface area (TPSA) is 38.3 Å². The molecular formula is C10H10ClNO2. The van der Waals surface area contributed by atoms with Crippen molar-refractivity contribution >= 4 is 17.7 Å². The fourth-order valence-electron chi connectivity index (χ4n) is 1.45. The van der Waals surface area contributed by atoms with E-state index in [1.165, 1.54) is 0 Å². The standard InChI is InChI=1S/C10H10ClNO2/c1-6-4-7(2-3-8(6)11)9-5-14-10(13)12-9/h2-4,9H,5H2,1H3,(H,12,13)/t9-/m0/s1. The first-order valence-corrected chi connectivity index (χ1v) is 4.74. The largest absolute Gasteiger partial charge is 0.447 e. The first-order chi connectivity index (χ1) is 6.66. The Bertz CT molecular complexity index is 378. The fraction of sp³-hybridized carbons (Fsp3) is 0.300. The van der Waals surface area contributed by atoms with Gasteiger partial charge in [-0.25, -0.2) is 4.79 Å². The lowest BCUT2D eigenvalue weighted by Crippen LogP contribution is -2.18. The molecule has 2 rings (SSSR count). The number of hydrogen-bond donors (Lipinski definition) is 1. The van der Waals surface area contributed by atoms with E-state index in [0.29, 0.717) is 6.61 Å². The van der Waals surface area contributed by atoms with Crippen LogP contribution in [-0.4, -0.2) is 12.7 Å². The average Bonchev–Trinajstić information content (AvgIpc) is 2.57. The predicted octanol–water partition coefficient (Wildman–Crippen LogP) is 2.43. The van der Waals surface area contributed by atoms with Gasteiger partial charge in [0.25, 0.3) is 0 Å². The van der Waals surface area contributed by atoms with Crippen LogP contribution in [0.2, 0.25) is 5.02 Å². The predicted molar refractivity (Wildman–Crippen MR) is 53.4 cm³/mol. The lowest BCUT2D eigenvalue weighted by atomic mass is 10.1. The zero-order valence-electron chi connectivity index (χ0n) is 7.71. The van der Waals surface area contributed by atoms with Crippen molar-refractivity contribution in [2.24, 2.45) is 0 Å². The van der Waals surface area contributed by atoms with Gasteiger partial charge in [0, 0.05) is 5.02 Å². The SMILES string of the molecule is Cc1cc([C@@H]2COC(=O)N2)ccc1Cl. The zero-order valence-corrected chi connectivity index (χ0v) is 8.47. The normalized spacial score (nSPS) is 20.4. The van der Waals surface area contributed by atoms with E-state index in [4.69, 9.17) is 16.3 Å². The summed E-state index contributed by atoms with van der Waals surface area (Å²) >= 11 is 5.90. The summed E-state index contributed by atoms with van der Waals surface area (Å²) < 4.78 is 4.81. The van der Waals surface area contributed by atoms with Gasteiger partial charge in [-0.05, 0) is 24.1 Å². The molecule has 74 valence electrons.